The lowest BCUT2D eigenvalue weighted by atomic mass is 10.1. The number of hydrogen-bond acceptors (Lipinski definition) is 5. The van der Waals surface area contributed by atoms with E-state index in [-0.39, 0.29) is 10.8 Å². The van der Waals surface area contributed by atoms with Crippen LogP contribution in [0.25, 0.3) is 11.3 Å². The number of hydrogen-bond donors (Lipinski definition) is 2. The quantitative estimate of drug-likeness (QED) is 0.680. The van der Waals surface area contributed by atoms with E-state index in [1.165, 1.54) is 12.1 Å². The van der Waals surface area contributed by atoms with Crippen LogP contribution in [0.5, 0.6) is 0 Å². The topological polar surface area (TPSA) is 79.5 Å². The predicted octanol–water partition coefficient (Wildman–Crippen LogP) is 3.67. The summed E-state index contributed by atoms with van der Waals surface area (Å²) < 4.78 is 32.4. The van der Waals surface area contributed by atoms with E-state index in [1.807, 2.05) is 18.2 Å². The van der Waals surface area contributed by atoms with Gasteiger partial charge in [-0.1, -0.05) is 35.9 Å². The van der Waals surface area contributed by atoms with Gasteiger partial charge in [0.1, 0.15) is 9.97 Å². The summed E-state index contributed by atoms with van der Waals surface area (Å²) in [7, 11) is -3.68. The SMILES string of the molecule is O=S(=O)(NC[C@@H](O)c1ccc(-c2ccco2)cc1)c1ccc(Cl)s1. The van der Waals surface area contributed by atoms with Crippen molar-refractivity contribution < 1.29 is 17.9 Å². The van der Waals surface area contributed by atoms with E-state index in [1.54, 1.807) is 24.5 Å². The number of nitrogens with one attached hydrogen (secondary N) is 1. The summed E-state index contributed by atoms with van der Waals surface area (Å²) >= 11 is 6.72. The normalized spacial score (nSPS) is 13.1. The van der Waals surface area contributed by atoms with Gasteiger partial charge >= 0.3 is 0 Å². The zero-order valence-corrected chi connectivity index (χ0v) is 14.7. The lowest BCUT2D eigenvalue weighted by Crippen LogP contribution is -2.28. The molecule has 24 heavy (non-hydrogen) atoms. The largest absolute Gasteiger partial charge is 0.464 e. The minimum atomic E-state index is -3.68. The van der Waals surface area contributed by atoms with Crippen LogP contribution in [-0.2, 0) is 10.0 Å². The van der Waals surface area contributed by atoms with Crippen LogP contribution in [0.1, 0.15) is 11.7 Å². The average Bonchev–Trinajstić information content (AvgIpc) is 3.24. The third-order valence-corrected chi connectivity index (χ3v) is 6.53. The van der Waals surface area contributed by atoms with Gasteiger partial charge in [0.15, 0.2) is 0 Å². The summed E-state index contributed by atoms with van der Waals surface area (Å²) in [6, 6.07) is 13.7. The van der Waals surface area contributed by atoms with Crippen LogP contribution in [0.2, 0.25) is 4.34 Å². The second-order valence-corrected chi connectivity index (χ2v) is 8.73. The molecule has 0 spiro atoms. The second kappa shape index (κ2) is 7.08. The number of aliphatic hydroxyl groups is 1. The minimum Gasteiger partial charge on any atom is -0.464 e. The lowest BCUT2D eigenvalue weighted by molar-refractivity contribution is 0.182. The van der Waals surface area contributed by atoms with Crippen LogP contribution >= 0.6 is 22.9 Å². The molecule has 0 fully saturated rings. The van der Waals surface area contributed by atoms with Gasteiger partial charge in [-0.3, -0.25) is 0 Å². The molecule has 0 bridgehead atoms. The number of halogens is 1. The minimum absolute atomic E-state index is 0.118. The Morgan fingerprint density at radius 2 is 1.92 bits per heavy atom. The lowest BCUT2D eigenvalue weighted by Gasteiger charge is -2.12. The van der Waals surface area contributed by atoms with Crippen molar-refractivity contribution in [3.05, 3.63) is 64.7 Å². The van der Waals surface area contributed by atoms with Crippen LogP contribution in [0.4, 0.5) is 0 Å². The molecular weight excluding hydrogens is 370 g/mol. The Morgan fingerprint density at radius 1 is 1.17 bits per heavy atom. The van der Waals surface area contributed by atoms with Gasteiger partial charge in [0, 0.05) is 12.1 Å². The van der Waals surface area contributed by atoms with E-state index < -0.39 is 16.1 Å². The molecule has 0 unspecified atom stereocenters. The summed E-state index contributed by atoms with van der Waals surface area (Å²) in [4.78, 5) is 0. The molecule has 3 rings (SSSR count). The number of aliphatic hydroxyl groups excluding tert-OH is 1. The van der Waals surface area contributed by atoms with Crippen LogP contribution in [0, 0.1) is 0 Å². The molecule has 0 aliphatic rings. The molecule has 0 aliphatic heterocycles. The van der Waals surface area contributed by atoms with E-state index in [0.717, 1.165) is 22.7 Å². The first-order chi connectivity index (χ1) is 11.5. The fraction of sp³-hybridized carbons (Fsp3) is 0.125. The monoisotopic (exact) mass is 383 g/mol. The van der Waals surface area contributed by atoms with E-state index in [0.29, 0.717) is 9.90 Å². The van der Waals surface area contributed by atoms with Crippen molar-refractivity contribution in [1.82, 2.24) is 4.72 Å². The van der Waals surface area contributed by atoms with Crippen molar-refractivity contribution in [2.45, 2.75) is 10.3 Å². The molecule has 2 heterocycles. The van der Waals surface area contributed by atoms with Crippen LogP contribution in [-0.4, -0.2) is 20.1 Å². The van der Waals surface area contributed by atoms with E-state index in [4.69, 9.17) is 16.0 Å². The van der Waals surface area contributed by atoms with Gasteiger partial charge in [0.25, 0.3) is 0 Å². The smallest absolute Gasteiger partial charge is 0.250 e. The number of rotatable bonds is 6. The molecule has 0 amide bonds. The van der Waals surface area contributed by atoms with Crippen molar-refractivity contribution in [2.75, 3.05) is 6.54 Å². The maximum atomic E-state index is 12.1. The Hall–Kier alpha value is -1.64. The zero-order valence-electron chi connectivity index (χ0n) is 12.3. The van der Waals surface area contributed by atoms with E-state index in [9.17, 15) is 13.5 Å². The first-order valence-electron chi connectivity index (χ1n) is 7.02. The Balaban J connectivity index is 1.65. The molecule has 1 atom stereocenters. The number of furan rings is 1. The van der Waals surface area contributed by atoms with Gasteiger partial charge in [-0.05, 0) is 29.8 Å². The van der Waals surface area contributed by atoms with Crippen LogP contribution in [0.3, 0.4) is 0 Å². The molecule has 5 nitrogen and oxygen atoms in total. The molecule has 126 valence electrons. The highest BCUT2D eigenvalue weighted by molar-refractivity contribution is 7.91. The number of benzene rings is 1. The molecule has 8 heteroatoms. The summed E-state index contributed by atoms with van der Waals surface area (Å²) in [5.74, 6) is 0.728. The Kier molecular flexibility index (Phi) is 5.07. The Morgan fingerprint density at radius 3 is 2.50 bits per heavy atom. The number of sulfonamides is 1. The van der Waals surface area contributed by atoms with Gasteiger partial charge in [-0.25, -0.2) is 13.1 Å². The summed E-state index contributed by atoms with van der Waals surface area (Å²) in [5.41, 5.74) is 1.49. The van der Waals surface area contributed by atoms with Crippen molar-refractivity contribution in [1.29, 1.82) is 0 Å². The molecule has 2 N–H and O–H groups in total. The third kappa shape index (κ3) is 3.88. The Bertz CT molecular complexity index is 902. The van der Waals surface area contributed by atoms with Gasteiger partial charge < -0.3 is 9.52 Å². The molecule has 0 saturated heterocycles. The zero-order chi connectivity index (χ0) is 17.2. The van der Waals surface area contributed by atoms with Crippen molar-refractivity contribution in [3.8, 4) is 11.3 Å². The van der Waals surface area contributed by atoms with Crippen LogP contribution < -0.4 is 4.72 Å². The fourth-order valence-corrected chi connectivity index (χ4v) is 4.70. The first kappa shape index (κ1) is 17.2. The standard InChI is InChI=1S/C16H14ClNO4S2/c17-15-7-8-16(23-15)24(20,21)18-10-13(19)11-3-5-12(6-4-11)14-2-1-9-22-14/h1-9,13,18-19H,10H2/t13-/m1/s1. The number of thiophene rings is 1. The van der Waals surface area contributed by atoms with E-state index >= 15 is 0 Å². The Labute approximate surface area is 148 Å². The predicted molar refractivity (Wildman–Crippen MR) is 93.6 cm³/mol. The van der Waals surface area contributed by atoms with Crippen LogP contribution in [0.15, 0.2) is 63.4 Å². The molecule has 3 aromatic rings. The van der Waals surface area contributed by atoms with Gasteiger partial charge in [0.05, 0.1) is 16.7 Å². The highest BCUT2D eigenvalue weighted by Crippen LogP contribution is 2.26. The second-order valence-electron chi connectivity index (χ2n) is 5.03. The van der Waals surface area contributed by atoms with Gasteiger partial charge in [-0.2, -0.15) is 0 Å². The molecule has 1 aromatic carbocycles. The average molecular weight is 384 g/mol. The summed E-state index contributed by atoms with van der Waals surface area (Å²) in [6.07, 6.45) is 0.629. The third-order valence-electron chi connectivity index (χ3n) is 3.38. The van der Waals surface area contributed by atoms with Crippen molar-refractivity contribution >= 4 is 33.0 Å². The van der Waals surface area contributed by atoms with Gasteiger partial charge in [0.2, 0.25) is 10.0 Å². The molecule has 0 aliphatic carbocycles. The molecule has 0 saturated carbocycles. The maximum Gasteiger partial charge on any atom is 0.250 e. The summed E-state index contributed by atoms with van der Waals surface area (Å²) in [6.45, 7) is -0.127. The fourth-order valence-electron chi connectivity index (χ4n) is 2.13. The van der Waals surface area contributed by atoms with Crippen molar-refractivity contribution in [3.63, 3.8) is 0 Å². The van der Waals surface area contributed by atoms with Gasteiger partial charge in [-0.15, -0.1) is 11.3 Å². The molecule has 0 radical (unpaired) electrons. The first-order valence-corrected chi connectivity index (χ1v) is 9.70. The summed E-state index contributed by atoms with van der Waals surface area (Å²) in [5, 5.41) is 10.2. The molecular formula is C16H14ClNO4S2. The highest BCUT2D eigenvalue weighted by Gasteiger charge is 2.18. The highest BCUT2D eigenvalue weighted by atomic mass is 35.5. The molecule has 2 aromatic heterocycles. The van der Waals surface area contributed by atoms with Crippen molar-refractivity contribution in [2.24, 2.45) is 0 Å². The van der Waals surface area contributed by atoms with E-state index in [2.05, 4.69) is 4.72 Å². The maximum absolute atomic E-state index is 12.1.